The number of carbonyl (C=O) groups is 2. The molecular formula is C12H19N3O2S. The lowest BCUT2D eigenvalue weighted by Crippen LogP contribution is -2.48. The summed E-state index contributed by atoms with van der Waals surface area (Å²) in [7, 11) is 0. The van der Waals surface area contributed by atoms with Crippen molar-refractivity contribution < 1.29 is 9.59 Å². The van der Waals surface area contributed by atoms with Gasteiger partial charge in [-0.05, 0) is 32.2 Å². The summed E-state index contributed by atoms with van der Waals surface area (Å²) in [5, 5.41) is 9.94. The predicted molar refractivity (Wildman–Crippen MR) is 72.5 cm³/mol. The monoisotopic (exact) mass is 269 g/mol. The highest BCUT2D eigenvalue weighted by Gasteiger charge is 2.18. The van der Waals surface area contributed by atoms with Gasteiger partial charge < -0.3 is 5.32 Å². The lowest BCUT2D eigenvalue weighted by molar-refractivity contribution is -0.121. The zero-order valence-electron chi connectivity index (χ0n) is 10.8. The third-order valence-corrected chi connectivity index (χ3v) is 3.49. The fraction of sp³-hybridized carbons (Fsp3) is 0.500. The normalized spacial score (nSPS) is 13.7. The number of urea groups is 1. The number of nitrogens with one attached hydrogen (secondary N) is 3. The van der Waals surface area contributed by atoms with E-state index in [1.807, 2.05) is 24.4 Å². The van der Waals surface area contributed by atoms with E-state index in [9.17, 15) is 9.59 Å². The Labute approximate surface area is 111 Å². The first kappa shape index (κ1) is 14.7. The summed E-state index contributed by atoms with van der Waals surface area (Å²) in [5.41, 5.74) is 0. The molecule has 1 aromatic heterocycles. The first-order valence-corrected chi connectivity index (χ1v) is 6.80. The lowest BCUT2D eigenvalue weighted by Gasteiger charge is -2.18. The predicted octanol–water partition coefficient (Wildman–Crippen LogP) is 1.63. The Balaban J connectivity index is 2.42. The number of thiophene rings is 1. The minimum absolute atomic E-state index is 0.0833. The second-order valence-corrected chi connectivity index (χ2v) is 4.95. The van der Waals surface area contributed by atoms with Crippen molar-refractivity contribution in [2.75, 3.05) is 6.54 Å². The molecule has 6 heteroatoms. The summed E-state index contributed by atoms with van der Waals surface area (Å²) >= 11 is 1.63. The van der Waals surface area contributed by atoms with E-state index in [-0.39, 0.29) is 11.9 Å². The number of rotatable bonds is 5. The van der Waals surface area contributed by atoms with Crippen LogP contribution in [0, 0.1) is 0 Å². The van der Waals surface area contributed by atoms with Crippen LogP contribution in [0.1, 0.15) is 31.7 Å². The number of amides is 3. The van der Waals surface area contributed by atoms with E-state index in [2.05, 4.69) is 16.0 Å². The van der Waals surface area contributed by atoms with Crippen molar-refractivity contribution >= 4 is 23.3 Å². The summed E-state index contributed by atoms with van der Waals surface area (Å²) in [6, 6.07) is 3.18. The van der Waals surface area contributed by atoms with Crippen molar-refractivity contribution in [3.05, 3.63) is 22.4 Å². The standard InChI is InChI=1S/C12H19N3O2S/c1-4-13-12(17)15-11(16)9(3)14-8(2)10-6-5-7-18-10/h5-9,14H,4H2,1-3H3,(H2,13,15,16,17)/t8-,9?/m0/s1. The molecule has 0 spiro atoms. The number of hydrogen-bond acceptors (Lipinski definition) is 4. The quantitative estimate of drug-likeness (QED) is 0.761. The number of imide groups is 1. The Bertz CT molecular complexity index is 392. The van der Waals surface area contributed by atoms with Gasteiger partial charge in [0.25, 0.3) is 0 Å². The van der Waals surface area contributed by atoms with Gasteiger partial charge in [0.05, 0.1) is 6.04 Å². The molecule has 2 atom stereocenters. The van der Waals surface area contributed by atoms with Crippen LogP contribution in [-0.4, -0.2) is 24.5 Å². The van der Waals surface area contributed by atoms with E-state index < -0.39 is 12.1 Å². The highest BCUT2D eigenvalue weighted by atomic mass is 32.1. The molecule has 0 saturated heterocycles. The van der Waals surface area contributed by atoms with Gasteiger partial charge in [-0.25, -0.2) is 4.79 Å². The van der Waals surface area contributed by atoms with Crippen LogP contribution in [0.3, 0.4) is 0 Å². The SMILES string of the molecule is CCNC(=O)NC(=O)C(C)N[C@@H](C)c1cccs1. The van der Waals surface area contributed by atoms with Gasteiger partial charge in [-0.2, -0.15) is 0 Å². The third-order valence-electron chi connectivity index (χ3n) is 2.44. The molecule has 0 radical (unpaired) electrons. The summed E-state index contributed by atoms with van der Waals surface area (Å²) in [5.74, 6) is -0.329. The number of hydrogen-bond donors (Lipinski definition) is 3. The Kier molecular flexibility index (Phi) is 5.80. The molecule has 1 rings (SSSR count). The Morgan fingerprint density at radius 2 is 2.11 bits per heavy atom. The smallest absolute Gasteiger partial charge is 0.321 e. The molecule has 1 unspecified atom stereocenters. The number of carbonyl (C=O) groups excluding carboxylic acids is 2. The highest BCUT2D eigenvalue weighted by molar-refractivity contribution is 7.10. The minimum Gasteiger partial charge on any atom is -0.338 e. The molecule has 3 amide bonds. The van der Waals surface area contributed by atoms with Gasteiger partial charge in [0.2, 0.25) is 5.91 Å². The van der Waals surface area contributed by atoms with Gasteiger partial charge in [-0.3, -0.25) is 15.4 Å². The van der Waals surface area contributed by atoms with Crippen molar-refractivity contribution in [1.82, 2.24) is 16.0 Å². The molecule has 0 aliphatic rings. The van der Waals surface area contributed by atoms with E-state index in [4.69, 9.17) is 0 Å². The van der Waals surface area contributed by atoms with E-state index in [0.717, 1.165) is 4.88 Å². The average molecular weight is 269 g/mol. The second kappa shape index (κ2) is 7.13. The molecule has 1 aromatic rings. The van der Waals surface area contributed by atoms with Gasteiger partial charge in [0.15, 0.2) is 0 Å². The molecule has 5 nitrogen and oxygen atoms in total. The average Bonchev–Trinajstić information content (AvgIpc) is 2.82. The first-order chi connectivity index (χ1) is 8.54. The van der Waals surface area contributed by atoms with Crippen molar-refractivity contribution in [3.63, 3.8) is 0 Å². The van der Waals surface area contributed by atoms with Crippen molar-refractivity contribution in [1.29, 1.82) is 0 Å². The van der Waals surface area contributed by atoms with Crippen LogP contribution in [0.5, 0.6) is 0 Å². The van der Waals surface area contributed by atoms with E-state index in [1.165, 1.54) is 0 Å². The zero-order valence-corrected chi connectivity index (χ0v) is 11.6. The summed E-state index contributed by atoms with van der Waals surface area (Å²) in [6.07, 6.45) is 0. The van der Waals surface area contributed by atoms with Gasteiger partial charge in [-0.1, -0.05) is 6.07 Å². The van der Waals surface area contributed by atoms with Crippen LogP contribution in [0.2, 0.25) is 0 Å². The van der Waals surface area contributed by atoms with E-state index >= 15 is 0 Å². The molecule has 0 aromatic carbocycles. The first-order valence-electron chi connectivity index (χ1n) is 5.92. The fourth-order valence-corrected chi connectivity index (χ4v) is 2.24. The van der Waals surface area contributed by atoms with Crippen LogP contribution in [-0.2, 0) is 4.79 Å². The Hall–Kier alpha value is -1.40. The molecule has 0 saturated carbocycles. The van der Waals surface area contributed by atoms with E-state index in [1.54, 1.807) is 25.2 Å². The van der Waals surface area contributed by atoms with Crippen LogP contribution < -0.4 is 16.0 Å². The lowest BCUT2D eigenvalue weighted by atomic mass is 10.2. The second-order valence-electron chi connectivity index (χ2n) is 3.97. The summed E-state index contributed by atoms with van der Waals surface area (Å²) in [6.45, 7) is 6.01. The topological polar surface area (TPSA) is 70.2 Å². The van der Waals surface area contributed by atoms with Crippen LogP contribution in [0.15, 0.2) is 17.5 Å². The third kappa shape index (κ3) is 4.46. The van der Waals surface area contributed by atoms with Crippen molar-refractivity contribution in [2.24, 2.45) is 0 Å². The van der Waals surface area contributed by atoms with Crippen LogP contribution in [0.25, 0.3) is 0 Å². The maximum Gasteiger partial charge on any atom is 0.321 e. The Morgan fingerprint density at radius 3 is 2.67 bits per heavy atom. The Morgan fingerprint density at radius 1 is 1.39 bits per heavy atom. The van der Waals surface area contributed by atoms with Gasteiger partial charge in [0, 0.05) is 17.5 Å². The molecule has 0 aliphatic carbocycles. The molecule has 100 valence electrons. The molecular weight excluding hydrogens is 250 g/mol. The zero-order chi connectivity index (χ0) is 13.5. The summed E-state index contributed by atoms with van der Waals surface area (Å²) in [4.78, 5) is 24.1. The molecule has 0 fully saturated rings. The van der Waals surface area contributed by atoms with Gasteiger partial charge in [0.1, 0.15) is 0 Å². The van der Waals surface area contributed by atoms with Crippen molar-refractivity contribution in [2.45, 2.75) is 32.9 Å². The van der Waals surface area contributed by atoms with E-state index in [0.29, 0.717) is 6.54 Å². The molecule has 0 aliphatic heterocycles. The molecule has 0 bridgehead atoms. The van der Waals surface area contributed by atoms with Crippen molar-refractivity contribution in [3.8, 4) is 0 Å². The molecule has 1 heterocycles. The van der Waals surface area contributed by atoms with Crippen LogP contribution >= 0.6 is 11.3 Å². The molecule has 3 N–H and O–H groups in total. The maximum absolute atomic E-state index is 11.7. The van der Waals surface area contributed by atoms with Gasteiger partial charge >= 0.3 is 6.03 Å². The fourth-order valence-electron chi connectivity index (χ4n) is 1.50. The van der Waals surface area contributed by atoms with Crippen LogP contribution in [0.4, 0.5) is 4.79 Å². The summed E-state index contributed by atoms with van der Waals surface area (Å²) < 4.78 is 0. The largest absolute Gasteiger partial charge is 0.338 e. The highest BCUT2D eigenvalue weighted by Crippen LogP contribution is 2.18. The molecule has 18 heavy (non-hydrogen) atoms. The van der Waals surface area contributed by atoms with Gasteiger partial charge in [-0.15, -0.1) is 11.3 Å². The maximum atomic E-state index is 11.7. The minimum atomic E-state index is -0.458.